The Morgan fingerprint density at radius 2 is 1.70 bits per heavy atom. The first-order valence-corrected chi connectivity index (χ1v) is 6.72. The van der Waals surface area contributed by atoms with Crippen LogP contribution in [0.3, 0.4) is 0 Å². The Labute approximate surface area is 129 Å². The highest BCUT2D eigenvalue weighted by molar-refractivity contribution is 6.23. The van der Waals surface area contributed by atoms with E-state index in [4.69, 9.17) is 4.42 Å². The number of fused-ring (bicyclic) bond motifs is 1. The summed E-state index contributed by atoms with van der Waals surface area (Å²) in [6, 6.07) is 7.30. The molecule has 23 heavy (non-hydrogen) atoms. The Morgan fingerprint density at radius 3 is 2.22 bits per heavy atom. The van der Waals surface area contributed by atoms with Crippen LogP contribution < -0.4 is 5.63 Å². The van der Waals surface area contributed by atoms with Crippen LogP contribution in [0.4, 0.5) is 0 Å². The lowest BCUT2D eigenvalue weighted by Crippen LogP contribution is -2.36. The molecule has 0 radical (unpaired) electrons. The van der Waals surface area contributed by atoms with Crippen LogP contribution in [0, 0.1) is 6.92 Å². The molecule has 0 unspecified atom stereocenters. The van der Waals surface area contributed by atoms with Crippen molar-refractivity contribution in [3.05, 3.63) is 63.2 Å². The van der Waals surface area contributed by atoms with Gasteiger partial charge in [0.1, 0.15) is 17.1 Å². The van der Waals surface area contributed by atoms with Gasteiger partial charge in [0.25, 0.3) is 11.8 Å². The van der Waals surface area contributed by atoms with Gasteiger partial charge in [-0.25, -0.2) is 4.79 Å². The van der Waals surface area contributed by atoms with Gasteiger partial charge in [0, 0.05) is 6.07 Å². The lowest BCUT2D eigenvalue weighted by atomic mass is 10.1. The van der Waals surface area contributed by atoms with Gasteiger partial charge in [0.15, 0.2) is 5.78 Å². The van der Waals surface area contributed by atoms with Crippen molar-refractivity contribution in [1.29, 1.82) is 0 Å². The quantitative estimate of drug-likeness (QED) is 0.673. The molecule has 7 nitrogen and oxygen atoms in total. The van der Waals surface area contributed by atoms with Crippen LogP contribution in [0.15, 0.2) is 39.5 Å². The topological polar surface area (TPSA) is 105 Å². The first-order valence-electron chi connectivity index (χ1n) is 6.72. The third-order valence-electron chi connectivity index (χ3n) is 3.51. The lowest BCUT2D eigenvalue weighted by molar-refractivity contribution is 0.0622. The molecule has 7 heteroatoms. The van der Waals surface area contributed by atoms with Gasteiger partial charge in [-0.2, -0.15) is 0 Å². The Balaban J connectivity index is 1.93. The number of ketones is 1. The predicted molar refractivity (Wildman–Crippen MR) is 77.5 cm³/mol. The van der Waals surface area contributed by atoms with Gasteiger partial charge in [-0.15, -0.1) is 0 Å². The number of aryl methyl sites for hydroxylation is 1. The maximum Gasteiger partial charge on any atom is 0.350 e. The fraction of sp³-hybridized carbons (Fsp3) is 0.125. The summed E-state index contributed by atoms with van der Waals surface area (Å²) in [6.45, 7) is 0.799. The van der Waals surface area contributed by atoms with Gasteiger partial charge >= 0.3 is 5.63 Å². The molecule has 0 saturated carbocycles. The smallest absolute Gasteiger partial charge is 0.350 e. The summed E-state index contributed by atoms with van der Waals surface area (Å²) in [6.07, 6.45) is 0. The number of carbonyl (C=O) groups excluding carboxylic acids is 3. The summed E-state index contributed by atoms with van der Waals surface area (Å²) >= 11 is 0. The van der Waals surface area contributed by atoms with E-state index in [0.29, 0.717) is 0 Å². The van der Waals surface area contributed by atoms with Crippen molar-refractivity contribution < 1.29 is 23.9 Å². The highest BCUT2D eigenvalue weighted by atomic mass is 16.4. The Hall–Kier alpha value is -3.22. The molecule has 0 bridgehead atoms. The number of hydrogen-bond donors (Lipinski definition) is 1. The molecule has 0 saturated heterocycles. The van der Waals surface area contributed by atoms with E-state index in [1.165, 1.54) is 19.1 Å². The highest BCUT2D eigenvalue weighted by Crippen LogP contribution is 2.23. The second-order valence-corrected chi connectivity index (χ2v) is 5.07. The van der Waals surface area contributed by atoms with E-state index in [0.717, 1.165) is 11.0 Å². The van der Waals surface area contributed by atoms with Crippen LogP contribution in [-0.2, 0) is 0 Å². The van der Waals surface area contributed by atoms with Crippen molar-refractivity contribution in [2.24, 2.45) is 0 Å². The number of aromatic hydroxyl groups is 1. The Kier molecular flexibility index (Phi) is 3.33. The summed E-state index contributed by atoms with van der Waals surface area (Å²) in [5.41, 5.74) is -1.19. The molecule has 1 aliphatic heterocycles. The van der Waals surface area contributed by atoms with E-state index in [9.17, 15) is 24.3 Å². The van der Waals surface area contributed by atoms with E-state index < -0.39 is 41.1 Å². The summed E-state index contributed by atoms with van der Waals surface area (Å²) < 4.78 is 4.77. The minimum Gasteiger partial charge on any atom is -0.507 e. The number of carbonyl (C=O) groups is 3. The maximum absolute atomic E-state index is 12.2. The summed E-state index contributed by atoms with van der Waals surface area (Å²) in [5.74, 6) is -2.50. The van der Waals surface area contributed by atoms with E-state index >= 15 is 0 Å². The molecular formula is C16H11NO6. The normalized spacial score (nSPS) is 13.3. The SMILES string of the molecule is Cc1cc(O)c(C(=O)CN2C(=O)c3ccccc3C2=O)c(=O)o1. The molecule has 2 aromatic rings. The highest BCUT2D eigenvalue weighted by Gasteiger charge is 2.37. The van der Waals surface area contributed by atoms with Crippen molar-refractivity contribution in [3.63, 3.8) is 0 Å². The molecule has 1 aliphatic rings. The average Bonchev–Trinajstić information content (AvgIpc) is 2.72. The van der Waals surface area contributed by atoms with Gasteiger partial charge in [-0.1, -0.05) is 12.1 Å². The van der Waals surface area contributed by atoms with Crippen molar-refractivity contribution in [2.45, 2.75) is 6.92 Å². The van der Waals surface area contributed by atoms with Gasteiger partial charge in [0.05, 0.1) is 17.7 Å². The third kappa shape index (κ3) is 2.32. The largest absolute Gasteiger partial charge is 0.507 e. The van der Waals surface area contributed by atoms with Crippen LogP contribution in [-0.4, -0.2) is 34.1 Å². The Morgan fingerprint density at radius 1 is 1.13 bits per heavy atom. The van der Waals surface area contributed by atoms with Crippen LogP contribution in [0.25, 0.3) is 0 Å². The molecular weight excluding hydrogens is 302 g/mol. The first-order chi connectivity index (χ1) is 10.9. The van der Waals surface area contributed by atoms with Crippen LogP contribution in [0.1, 0.15) is 36.8 Å². The molecule has 2 heterocycles. The molecule has 0 spiro atoms. The zero-order valence-electron chi connectivity index (χ0n) is 12.0. The zero-order valence-corrected chi connectivity index (χ0v) is 12.0. The number of benzene rings is 1. The van der Waals surface area contributed by atoms with Gasteiger partial charge in [-0.3, -0.25) is 19.3 Å². The van der Waals surface area contributed by atoms with E-state index in [1.807, 2.05) is 0 Å². The lowest BCUT2D eigenvalue weighted by Gasteiger charge is -2.12. The second kappa shape index (κ2) is 5.20. The van der Waals surface area contributed by atoms with Crippen molar-refractivity contribution >= 4 is 17.6 Å². The molecule has 0 aliphatic carbocycles. The van der Waals surface area contributed by atoms with Crippen LogP contribution in [0.2, 0.25) is 0 Å². The van der Waals surface area contributed by atoms with Crippen LogP contribution in [0.5, 0.6) is 5.75 Å². The summed E-state index contributed by atoms with van der Waals surface area (Å²) in [5, 5.41) is 9.75. The monoisotopic (exact) mass is 313 g/mol. The van der Waals surface area contributed by atoms with E-state index in [2.05, 4.69) is 0 Å². The zero-order chi connectivity index (χ0) is 16.7. The number of amides is 2. The number of hydrogen-bond acceptors (Lipinski definition) is 6. The second-order valence-electron chi connectivity index (χ2n) is 5.07. The molecule has 0 fully saturated rings. The van der Waals surface area contributed by atoms with Crippen molar-refractivity contribution in [1.82, 2.24) is 4.90 Å². The molecule has 2 amide bonds. The number of nitrogens with zero attached hydrogens (tertiary/aromatic N) is 1. The molecule has 0 atom stereocenters. The number of rotatable bonds is 3. The molecule has 1 aromatic heterocycles. The van der Waals surface area contributed by atoms with Gasteiger partial charge in [-0.05, 0) is 19.1 Å². The molecule has 1 aromatic carbocycles. The van der Waals surface area contributed by atoms with E-state index in [-0.39, 0.29) is 16.9 Å². The minimum absolute atomic E-state index is 0.143. The van der Waals surface area contributed by atoms with Crippen molar-refractivity contribution in [2.75, 3.05) is 6.54 Å². The average molecular weight is 313 g/mol. The van der Waals surface area contributed by atoms with Crippen LogP contribution >= 0.6 is 0 Å². The summed E-state index contributed by atoms with van der Waals surface area (Å²) in [7, 11) is 0. The van der Waals surface area contributed by atoms with Gasteiger partial charge in [0.2, 0.25) is 0 Å². The third-order valence-corrected chi connectivity index (χ3v) is 3.51. The van der Waals surface area contributed by atoms with Gasteiger partial charge < -0.3 is 9.52 Å². The summed E-state index contributed by atoms with van der Waals surface area (Å²) in [4.78, 5) is 49.1. The molecule has 116 valence electrons. The Bertz CT molecular complexity index is 876. The maximum atomic E-state index is 12.2. The fourth-order valence-electron chi connectivity index (χ4n) is 2.46. The van der Waals surface area contributed by atoms with Crippen molar-refractivity contribution in [3.8, 4) is 5.75 Å². The fourth-order valence-corrected chi connectivity index (χ4v) is 2.46. The first kappa shape index (κ1) is 14.7. The number of Topliss-reactive ketones (excluding diaryl/α,β-unsaturated/α-hetero) is 1. The molecule has 3 rings (SSSR count). The van der Waals surface area contributed by atoms with E-state index in [1.54, 1.807) is 12.1 Å². The minimum atomic E-state index is -1.01. The molecule has 1 N–H and O–H groups in total. The standard InChI is InChI=1S/C16H11NO6/c1-8-6-11(18)13(16(22)23-8)12(19)7-17-14(20)9-4-2-3-5-10(9)15(17)21/h2-6,18H,7H2,1H3. The number of imide groups is 1. The predicted octanol–water partition coefficient (Wildman–Crippen LogP) is 1.13.